The number of fused-ring (bicyclic) bond motifs is 4. The minimum atomic E-state index is -0.0568. The first kappa shape index (κ1) is 26.0. The molecule has 2 saturated heterocycles. The summed E-state index contributed by atoms with van der Waals surface area (Å²) < 4.78 is 17.4. The Morgan fingerprint density at radius 3 is 2.41 bits per heavy atom. The van der Waals surface area contributed by atoms with Gasteiger partial charge in [-0.2, -0.15) is 0 Å². The van der Waals surface area contributed by atoms with Crippen LogP contribution in [-0.2, 0) is 20.7 Å². The average Bonchev–Trinajstić information content (AvgIpc) is 3.41. The average molecular weight is 552 g/mol. The molecule has 3 heterocycles. The lowest BCUT2D eigenvalue weighted by Gasteiger charge is -2.27. The molecule has 0 radical (unpaired) electrons. The van der Waals surface area contributed by atoms with Crippen LogP contribution in [0.15, 0.2) is 69.9 Å². The summed E-state index contributed by atoms with van der Waals surface area (Å²) in [6.45, 7) is 6.45. The zero-order valence-corrected chi connectivity index (χ0v) is 23.0. The fraction of sp³-hybridized carbons (Fsp3) is 0.333. The summed E-state index contributed by atoms with van der Waals surface area (Å²) in [6.07, 6.45) is 1.17. The number of anilines is 2. The number of ether oxygens (including phenoxy) is 2. The summed E-state index contributed by atoms with van der Waals surface area (Å²) >= 11 is 0. The Morgan fingerprint density at radius 2 is 1.59 bits per heavy atom. The fourth-order valence-corrected chi connectivity index (χ4v) is 6.22. The minimum absolute atomic E-state index is 0.00198. The Labute approximate surface area is 238 Å². The number of para-hydroxylation sites is 1. The molecule has 0 saturated carbocycles. The number of carbonyl (C=O) groups is 1. The first-order chi connectivity index (χ1) is 20.2. The van der Waals surface area contributed by atoms with Gasteiger partial charge < -0.3 is 24.1 Å². The van der Waals surface area contributed by atoms with E-state index < -0.39 is 0 Å². The van der Waals surface area contributed by atoms with Crippen molar-refractivity contribution in [3.63, 3.8) is 0 Å². The largest absolute Gasteiger partial charge is 0.440 e. The van der Waals surface area contributed by atoms with E-state index in [0.717, 1.165) is 66.2 Å². The Hall–Kier alpha value is -3.98. The summed E-state index contributed by atoms with van der Waals surface area (Å²) in [6, 6.07) is 19.7. The van der Waals surface area contributed by atoms with Crippen molar-refractivity contribution < 1.29 is 18.7 Å². The van der Waals surface area contributed by atoms with E-state index in [4.69, 9.17) is 13.9 Å². The van der Waals surface area contributed by atoms with Crippen LogP contribution in [0.1, 0.15) is 17.5 Å². The molecule has 0 atom stereocenters. The predicted molar refractivity (Wildman–Crippen MR) is 160 cm³/mol. The van der Waals surface area contributed by atoms with E-state index in [9.17, 15) is 9.59 Å². The first-order valence-electron chi connectivity index (χ1n) is 14.4. The van der Waals surface area contributed by atoms with Crippen LogP contribution in [-0.4, -0.2) is 70.0 Å². The molecule has 0 spiro atoms. The van der Waals surface area contributed by atoms with Crippen molar-refractivity contribution in [3.8, 4) is 22.3 Å². The third kappa shape index (κ3) is 5.03. The third-order valence-electron chi connectivity index (χ3n) is 8.35. The molecule has 8 heteroatoms. The van der Waals surface area contributed by atoms with Crippen LogP contribution < -0.4 is 15.6 Å². The lowest BCUT2D eigenvalue weighted by molar-refractivity contribution is -0.116. The first-order valence-corrected chi connectivity index (χ1v) is 14.4. The van der Waals surface area contributed by atoms with Gasteiger partial charge in [-0.3, -0.25) is 14.5 Å². The highest BCUT2D eigenvalue weighted by Crippen LogP contribution is 2.47. The number of morpholine rings is 2. The van der Waals surface area contributed by atoms with E-state index >= 15 is 0 Å². The second kappa shape index (κ2) is 11.1. The van der Waals surface area contributed by atoms with Gasteiger partial charge in [0.2, 0.25) is 5.91 Å². The van der Waals surface area contributed by atoms with E-state index in [-0.39, 0.29) is 11.3 Å². The van der Waals surface area contributed by atoms with Gasteiger partial charge in [-0.15, -0.1) is 0 Å². The lowest BCUT2D eigenvalue weighted by Crippen LogP contribution is -2.38. The van der Waals surface area contributed by atoms with E-state index in [1.807, 2.05) is 30.3 Å². The number of carbonyl (C=O) groups excluding carboxylic acids is 1. The zero-order valence-electron chi connectivity index (χ0n) is 23.0. The van der Waals surface area contributed by atoms with Gasteiger partial charge in [-0.1, -0.05) is 42.5 Å². The number of rotatable bonds is 6. The van der Waals surface area contributed by atoms with Crippen molar-refractivity contribution in [1.29, 1.82) is 0 Å². The summed E-state index contributed by atoms with van der Waals surface area (Å²) in [4.78, 5) is 30.6. The molecule has 0 bridgehead atoms. The van der Waals surface area contributed by atoms with Crippen molar-refractivity contribution in [1.82, 2.24) is 4.90 Å². The van der Waals surface area contributed by atoms with Crippen molar-refractivity contribution in [2.45, 2.75) is 12.8 Å². The Balaban J connectivity index is 1.28. The molecule has 7 rings (SSSR count). The molecule has 0 unspecified atom stereocenters. The van der Waals surface area contributed by atoms with Crippen molar-refractivity contribution in [2.24, 2.45) is 0 Å². The molecule has 1 aromatic heterocycles. The topological polar surface area (TPSA) is 84.2 Å². The van der Waals surface area contributed by atoms with E-state index in [0.29, 0.717) is 56.1 Å². The van der Waals surface area contributed by atoms with Crippen LogP contribution in [0.25, 0.3) is 33.2 Å². The molecule has 1 N–H and O–H groups in total. The molecule has 2 aliphatic heterocycles. The SMILES string of the molecule is O=C(CCN1CCOCC1)Nc1ccc(-c2cccc3c(=O)cc(N4CCOCC4)oc23)c2c1-c1ccccc1C2. The quantitative estimate of drug-likeness (QED) is 0.332. The summed E-state index contributed by atoms with van der Waals surface area (Å²) in [5.41, 5.74) is 7.75. The van der Waals surface area contributed by atoms with Gasteiger partial charge in [-0.05, 0) is 40.8 Å². The lowest BCUT2D eigenvalue weighted by atomic mass is 9.93. The monoisotopic (exact) mass is 551 g/mol. The van der Waals surface area contributed by atoms with Crippen LogP contribution in [0.4, 0.5) is 11.6 Å². The third-order valence-corrected chi connectivity index (χ3v) is 8.35. The van der Waals surface area contributed by atoms with E-state index in [1.165, 1.54) is 5.56 Å². The standard InChI is InChI=1S/C33H33N3O5/c37-29-21-31(36-14-18-40-19-15-36)41-33-25(6-3-7-26(29)33)24-8-9-28(32-23-5-2-1-4-22(23)20-27(24)32)34-30(38)10-11-35-12-16-39-17-13-35/h1-9,21H,10-20H2,(H,34,38). The molecule has 41 heavy (non-hydrogen) atoms. The van der Waals surface area contributed by atoms with Gasteiger partial charge in [-0.25, -0.2) is 0 Å². The summed E-state index contributed by atoms with van der Waals surface area (Å²) in [5.74, 6) is 0.574. The molecule has 3 aliphatic rings. The molecule has 2 fully saturated rings. The molecule has 1 aliphatic carbocycles. The van der Waals surface area contributed by atoms with Crippen molar-refractivity contribution in [3.05, 3.63) is 82.0 Å². The van der Waals surface area contributed by atoms with Gasteiger partial charge >= 0.3 is 0 Å². The molecular weight excluding hydrogens is 518 g/mol. The zero-order chi connectivity index (χ0) is 27.8. The number of nitrogens with zero attached hydrogens (tertiary/aromatic N) is 2. The van der Waals surface area contributed by atoms with Crippen LogP contribution in [0.2, 0.25) is 0 Å². The second-order valence-corrected chi connectivity index (χ2v) is 10.8. The molecule has 8 nitrogen and oxygen atoms in total. The highest BCUT2D eigenvalue weighted by Gasteiger charge is 2.27. The molecule has 4 aromatic rings. The number of benzene rings is 3. The van der Waals surface area contributed by atoms with Crippen LogP contribution >= 0.6 is 0 Å². The van der Waals surface area contributed by atoms with E-state index in [1.54, 1.807) is 6.07 Å². The number of amides is 1. The number of hydrogen-bond acceptors (Lipinski definition) is 7. The van der Waals surface area contributed by atoms with Crippen LogP contribution in [0.3, 0.4) is 0 Å². The molecule has 1 amide bonds. The maximum atomic E-state index is 13.2. The van der Waals surface area contributed by atoms with Gasteiger partial charge in [0.25, 0.3) is 0 Å². The highest BCUT2D eigenvalue weighted by atomic mass is 16.5. The van der Waals surface area contributed by atoms with Crippen LogP contribution in [0, 0.1) is 0 Å². The van der Waals surface area contributed by atoms with Crippen molar-refractivity contribution >= 4 is 28.4 Å². The molecule has 3 aromatic carbocycles. The van der Waals surface area contributed by atoms with Crippen molar-refractivity contribution in [2.75, 3.05) is 69.4 Å². The molecule has 210 valence electrons. The second-order valence-electron chi connectivity index (χ2n) is 10.8. The van der Waals surface area contributed by atoms with Crippen LogP contribution in [0.5, 0.6) is 0 Å². The Morgan fingerprint density at radius 1 is 0.829 bits per heavy atom. The fourth-order valence-electron chi connectivity index (χ4n) is 6.22. The Kier molecular flexibility index (Phi) is 7.04. The summed E-state index contributed by atoms with van der Waals surface area (Å²) in [5, 5.41) is 3.77. The van der Waals surface area contributed by atoms with E-state index in [2.05, 4.69) is 39.4 Å². The maximum absolute atomic E-state index is 13.2. The molecular formula is C33H33N3O5. The number of hydrogen-bond donors (Lipinski definition) is 1. The number of nitrogens with one attached hydrogen (secondary N) is 1. The maximum Gasteiger partial charge on any atom is 0.225 e. The minimum Gasteiger partial charge on any atom is -0.440 e. The highest BCUT2D eigenvalue weighted by molar-refractivity contribution is 6.02. The smallest absolute Gasteiger partial charge is 0.225 e. The normalized spacial score (nSPS) is 16.9. The Bertz CT molecular complexity index is 1670. The van der Waals surface area contributed by atoms with Gasteiger partial charge in [0, 0.05) is 62.0 Å². The van der Waals surface area contributed by atoms with Gasteiger partial charge in [0.05, 0.1) is 31.8 Å². The van der Waals surface area contributed by atoms with Gasteiger partial charge in [0.15, 0.2) is 11.3 Å². The summed E-state index contributed by atoms with van der Waals surface area (Å²) in [7, 11) is 0. The van der Waals surface area contributed by atoms with Gasteiger partial charge in [0.1, 0.15) is 5.58 Å². The predicted octanol–water partition coefficient (Wildman–Crippen LogP) is 4.53.